The maximum Gasteiger partial charge on any atom is 0.249 e. The number of ether oxygens (including phenoxy) is 3. The van der Waals surface area contributed by atoms with Crippen LogP contribution in [0.4, 0.5) is 0 Å². The van der Waals surface area contributed by atoms with Gasteiger partial charge in [-0.05, 0) is 43.4 Å². The summed E-state index contributed by atoms with van der Waals surface area (Å²) in [5.41, 5.74) is 0.824. The van der Waals surface area contributed by atoms with Crippen molar-refractivity contribution in [2.24, 2.45) is 0 Å². The lowest BCUT2D eigenvalue weighted by molar-refractivity contribution is -0.132. The lowest BCUT2D eigenvalue weighted by atomic mass is 9.87. The van der Waals surface area contributed by atoms with Crippen molar-refractivity contribution >= 4 is 5.91 Å². The van der Waals surface area contributed by atoms with Crippen LogP contribution in [0.1, 0.15) is 44.1 Å². The van der Waals surface area contributed by atoms with Crippen LogP contribution in [0.5, 0.6) is 11.5 Å². The number of fused-ring (bicyclic) bond motifs is 1. The normalized spacial score (nSPS) is 25.3. The van der Waals surface area contributed by atoms with Gasteiger partial charge in [-0.3, -0.25) is 4.79 Å². The van der Waals surface area contributed by atoms with Gasteiger partial charge in [0.1, 0.15) is 19.3 Å². The largest absolute Gasteiger partial charge is 0.486 e. The summed E-state index contributed by atoms with van der Waals surface area (Å²) in [4.78, 5) is 12.6. The third-order valence-electron chi connectivity index (χ3n) is 5.14. The molecule has 1 aromatic carbocycles. The molecule has 4 rings (SSSR count). The molecule has 1 saturated heterocycles. The van der Waals surface area contributed by atoms with E-state index in [0.29, 0.717) is 19.8 Å². The maximum absolute atomic E-state index is 12.6. The molecule has 0 radical (unpaired) electrons. The van der Waals surface area contributed by atoms with Gasteiger partial charge >= 0.3 is 0 Å². The SMILES string of the molecule is O=C(NC1(c2ccc3c(c2)OCCO3)CCCC1)[C@@H]1CCCO1. The summed E-state index contributed by atoms with van der Waals surface area (Å²) >= 11 is 0. The van der Waals surface area contributed by atoms with E-state index in [-0.39, 0.29) is 17.6 Å². The Balaban J connectivity index is 1.60. The van der Waals surface area contributed by atoms with Crippen LogP contribution in [0, 0.1) is 0 Å². The molecule has 0 aromatic heterocycles. The van der Waals surface area contributed by atoms with Crippen LogP contribution in [0.3, 0.4) is 0 Å². The molecule has 0 bridgehead atoms. The van der Waals surface area contributed by atoms with E-state index >= 15 is 0 Å². The number of amides is 1. The van der Waals surface area contributed by atoms with Gasteiger partial charge in [0.25, 0.3) is 0 Å². The lowest BCUT2D eigenvalue weighted by Gasteiger charge is -2.33. The van der Waals surface area contributed by atoms with Crippen LogP contribution in [0.2, 0.25) is 0 Å². The average Bonchev–Trinajstić information content (AvgIpc) is 3.27. The summed E-state index contributed by atoms with van der Waals surface area (Å²) in [6.45, 7) is 1.86. The van der Waals surface area contributed by atoms with Crippen molar-refractivity contribution in [3.05, 3.63) is 23.8 Å². The number of carbonyl (C=O) groups excluding carboxylic acids is 1. The van der Waals surface area contributed by atoms with Gasteiger partial charge in [0.05, 0.1) is 5.54 Å². The van der Waals surface area contributed by atoms with E-state index in [1.807, 2.05) is 12.1 Å². The summed E-state index contributed by atoms with van der Waals surface area (Å²) in [5, 5.41) is 3.30. The zero-order chi connectivity index (χ0) is 15.7. The Kier molecular flexibility index (Phi) is 3.89. The molecule has 1 amide bonds. The van der Waals surface area contributed by atoms with Crippen molar-refractivity contribution in [2.45, 2.75) is 50.2 Å². The smallest absolute Gasteiger partial charge is 0.249 e. The molecule has 2 heterocycles. The Morgan fingerprint density at radius 2 is 1.83 bits per heavy atom. The first-order valence-corrected chi connectivity index (χ1v) is 8.61. The fraction of sp³-hybridized carbons (Fsp3) is 0.611. The zero-order valence-corrected chi connectivity index (χ0v) is 13.3. The summed E-state index contributed by atoms with van der Waals surface area (Å²) in [7, 11) is 0. The second kappa shape index (κ2) is 6.04. The van der Waals surface area contributed by atoms with E-state index in [9.17, 15) is 4.79 Å². The van der Waals surface area contributed by atoms with E-state index in [1.54, 1.807) is 0 Å². The molecule has 1 atom stereocenters. The van der Waals surface area contributed by atoms with Gasteiger partial charge in [-0.25, -0.2) is 0 Å². The van der Waals surface area contributed by atoms with Gasteiger partial charge in [-0.2, -0.15) is 0 Å². The fourth-order valence-corrected chi connectivity index (χ4v) is 3.91. The summed E-state index contributed by atoms with van der Waals surface area (Å²) in [6, 6.07) is 6.06. The first-order chi connectivity index (χ1) is 11.3. The van der Waals surface area contributed by atoms with Crippen molar-refractivity contribution in [3.8, 4) is 11.5 Å². The van der Waals surface area contributed by atoms with E-state index in [4.69, 9.17) is 14.2 Å². The van der Waals surface area contributed by atoms with E-state index in [2.05, 4.69) is 11.4 Å². The highest BCUT2D eigenvalue weighted by Crippen LogP contribution is 2.42. The highest BCUT2D eigenvalue weighted by atomic mass is 16.6. The monoisotopic (exact) mass is 317 g/mol. The highest BCUT2D eigenvalue weighted by Gasteiger charge is 2.39. The molecule has 1 aliphatic carbocycles. The molecule has 0 unspecified atom stereocenters. The molecule has 3 aliphatic rings. The molecular formula is C18H23NO4. The Morgan fingerprint density at radius 1 is 1.04 bits per heavy atom. The average molecular weight is 317 g/mol. The van der Waals surface area contributed by atoms with E-state index < -0.39 is 0 Å². The van der Waals surface area contributed by atoms with Gasteiger partial charge in [0, 0.05) is 6.61 Å². The van der Waals surface area contributed by atoms with Gasteiger partial charge in [-0.15, -0.1) is 0 Å². The molecule has 1 N–H and O–H groups in total. The van der Waals surface area contributed by atoms with Crippen LogP contribution in [-0.4, -0.2) is 31.8 Å². The van der Waals surface area contributed by atoms with Crippen molar-refractivity contribution in [1.82, 2.24) is 5.32 Å². The number of rotatable bonds is 3. The minimum atomic E-state index is -0.293. The van der Waals surface area contributed by atoms with Crippen LogP contribution in [0.15, 0.2) is 18.2 Å². The van der Waals surface area contributed by atoms with Gasteiger partial charge < -0.3 is 19.5 Å². The molecule has 5 heteroatoms. The summed E-state index contributed by atoms with van der Waals surface area (Å²) in [6.07, 6.45) is 5.68. The Hall–Kier alpha value is -1.75. The maximum atomic E-state index is 12.6. The van der Waals surface area contributed by atoms with Gasteiger partial charge in [-0.1, -0.05) is 18.9 Å². The number of hydrogen-bond donors (Lipinski definition) is 1. The minimum Gasteiger partial charge on any atom is -0.486 e. The van der Waals surface area contributed by atoms with Crippen LogP contribution in [0.25, 0.3) is 0 Å². The van der Waals surface area contributed by atoms with Crippen molar-refractivity contribution in [2.75, 3.05) is 19.8 Å². The molecular weight excluding hydrogens is 294 g/mol. The molecule has 124 valence electrons. The van der Waals surface area contributed by atoms with Crippen LogP contribution >= 0.6 is 0 Å². The number of hydrogen-bond acceptors (Lipinski definition) is 4. The predicted molar refractivity (Wildman–Crippen MR) is 84.7 cm³/mol. The van der Waals surface area contributed by atoms with Crippen molar-refractivity contribution in [1.29, 1.82) is 0 Å². The van der Waals surface area contributed by atoms with Gasteiger partial charge in [0.2, 0.25) is 5.91 Å². The Bertz CT molecular complexity index is 589. The minimum absolute atomic E-state index is 0.0271. The lowest BCUT2D eigenvalue weighted by Crippen LogP contribution is -2.48. The standard InChI is InChI=1S/C18H23NO4/c20-17(15-4-3-9-21-15)19-18(7-1-2-8-18)13-5-6-14-16(12-13)23-11-10-22-14/h5-6,12,15H,1-4,7-11H2,(H,19,20)/t15-/m0/s1. The zero-order valence-electron chi connectivity index (χ0n) is 13.3. The molecule has 2 fully saturated rings. The Labute approximate surface area is 136 Å². The number of benzene rings is 1. The molecule has 1 saturated carbocycles. The topological polar surface area (TPSA) is 56.8 Å². The third-order valence-corrected chi connectivity index (χ3v) is 5.14. The van der Waals surface area contributed by atoms with Crippen LogP contribution < -0.4 is 14.8 Å². The van der Waals surface area contributed by atoms with E-state index in [0.717, 1.165) is 55.6 Å². The number of nitrogens with one attached hydrogen (secondary N) is 1. The Morgan fingerprint density at radius 3 is 2.57 bits per heavy atom. The first kappa shape index (κ1) is 14.8. The predicted octanol–water partition coefficient (Wildman–Crippen LogP) is 2.52. The highest BCUT2D eigenvalue weighted by molar-refractivity contribution is 5.82. The molecule has 2 aliphatic heterocycles. The third kappa shape index (κ3) is 2.78. The molecule has 23 heavy (non-hydrogen) atoms. The fourth-order valence-electron chi connectivity index (χ4n) is 3.91. The quantitative estimate of drug-likeness (QED) is 0.931. The van der Waals surface area contributed by atoms with Gasteiger partial charge in [0.15, 0.2) is 11.5 Å². The molecule has 5 nitrogen and oxygen atoms in total. The second-order valence-corrected chi connectivity index (χ2v) is 6.64. The van der Waals surface area contributed by atoms with Crippen LogP contribution in [-0.2, 0) is 15.1 Å². The molecule has 1 aromatic rings. The number of carbonyl (C=O) groups is 1. The first-order valence-electron chi connectivity index (χ1n) is 8.61. The van der Waals surface area contributed by atoms with Crippen molar-refractivity contribution < 1.29 is 19.0 Å². The van der Waals surface area contributed by atoms with Crippen molar-refractivity contribution in [3.63, 3.8) is 0 Å². The summed E-state index contributed by atoms with van der Waals surface area (Å²) in [5.74, 6) is 1.60. The second-order valence-electron chi connectivity index (χ2n) is 6.64. The van der Waals surface area contributed by atoms with E-state index in [1.165, 1.54) is 0 Å². The summed E-state index contributed by atoms with van der Waals surface area (Å²) < 4.78 is 16.9. The molecule has 0 spiro atoms.